The third kappa shape index (κ3) is 3.19. The largest absolute Gasteiger partial charge is 0.466 e. The molecule has 1 unspecified atom stereocenters. The number of hydrogen-bond donors (Lipinski definition) is 0. The molecule has 3 aromatic carbocycles. The Hall–Kier alpha value is -2.70. The molecule has 2 nitrogen and oxygen atoms in total. The summed E-state index contributed by atoms with van der Waals surface area (Å²) in [4.78, 5) is 12.3. The molecular weight excluding hydrogens is 363 g/mol. The number of benzene rings is 3. The Kier molecular flexibility index (Phi) is 5.41. The second-order valence-electron chi connectivity index (χ2n) is 6.87. The normalized spacial score (nSPS) is 19.5. The Bertz CT molecular complexity index is 926. The monoisotopic (exact) mass is 386 g/mol. The van der Waals surface area contributed by atoms with E-state index < -0.39 is 7.92 Å². The van der Waals surface area contributed by atoms with E-state index in [9.17, 15) is 4.79 Å². The summed E-state index contributed by atoms with van der Waals surface area (Å²) in [5.74, 6) is -0.281. The van der Waals surface area contributed by atoms with Gasteiger partial charge in [0, 0.05) is 6.08 Å². The molecule has 28 heavy (non-hydrogen) atoms. The van der Waals surface area contributed by atoms with Gasteiger partial charge >= 0.3 is 5.97 Å². The molecule has 1 aliphatic heterocycles. The number of carbonyl (C=O) groups is 1. The van der Waals surface area contributed by atoms with Crippen molar-refractivity contribution in [2.45, 2.75) is 11.6 Å². The molecule has 1 aliphatic rings. The molecule has 3 aromatic rings. The van der Waals surface area contributed by atoms with E-state index in [1.807, 2.05) is 12.1 Å². The second kappa shape index (κ2) is 8.12. The lowest BCUT2D eigenvalue weighted by Gasteiger charge is -2.39. The van der Waals surface area contributed by atoms with Crippen LogP contribution >= 0.6 is 7.92 Å². The zero-order valence-electron chi connectivity index (χ0n) is 15.9. The van der Waals surface area contributed by atoms with Gasteiger partial charge in [-0.3, -0.25) is 0 Å². The van der Waals surface area contributed by atoms with Crippen molar-refractivity contribution in [3.63, 3.8) is 0 Å². The summed E-state index contributed by atoms with van der Waals surface area (Å²) in [6.07, 6.45) is 3.66. The topological polar surface area (TPSA) is 26.3 Å². The summed E-state index contributed by atoms with van der Waals surface area (Å²) in [5, 5.41) is 1.03. The molecule has 0 bridgehead atoms. The Morgan fingerprint density at radius 1 is 0.857 bits per heavy atom. The van der Waals surface area contributed by atoms with Crippen LogP contribution in [0.1, 0.15) is 17.5 Å². The zero-order valence-corrected chi connectivity index (χ0v) is 16.8. The molecule has 0 aromatic heterocycles. The molecule has 3 heteroatoms. The molecule has 1 atom stereocenters. The number of hydrogen-bond acceptors (Lipinski definition) is 2. The number of ether oxygens (including phenoxy) is 1. The first kappa shape index (κ1) is 18.7. The van der Waals surface area contributed by atoms with Gasteiger partial charge in [-0.15, -0.1) is 0 Å². The van der Waals surface area contributed by atoms with Crippen molar-refractivity contribution in [3.8, 4) is 0 Å². The van der Waals surface area contributed by atoms with E-state index >= 15 is 0 Å². The smallest absolute Gasteiger partial charge is 0.330 e. The summed E-state index contributed by atoms with van der Waals surface area (Å²) >= 11 is 0. The number of carbonyl (C=O) groups excluding carboxylic acids is 1. The van der Waals surface area contributed by atoms with Crippen molar-refractivity contribution in [2.75, 3.05) is 13.3 Å². The van der Waals surface area contributed by atoms with Gasteiger partial charge in [-0.1, -0.05) is 98.9 Å². The van der Waals surface area contributed by atoms with Crippen LogP contribution in [-0.4, -0.2) is 19.2 Å². The maximum absolute atomic E-state index is 12.3. The highest BCUT2D eigenvalue weighted by Gasteiger charge is 2.49. The molecule has 0 N–H and O–H groups in total. The molecule has 0 radical (unpaired) electrons. The minimum Gasteiger partial charge on any atom is -0.466 e. The first-order valence-electron chi connectivity index (χ1n) is 9.49. The molecule has 4 rings (SSSR count). The van der Waals surface area contributed by atoms with Crippen LogP contribution in [0, 0.1) is 0 Å². The maximum Gasteiger partial charge on any atom is 0.330 e. The van der Waals surface area contributed by atoms with E-state index in [1.165, 1.54) is 23.5 Å². The summed E-state index contributed by atoms with van der Waals surface area (Å²) < 4.78 is 5.01. The van der Waals surface area contributed by atoms with Crippen LogP contribution in [-0.2, 0) is 14.7 Å². The van der Waals surface area contributed by atoms with E-state index in [1.54, 1.807) is 6.08 Å². The lowest BCUT2D eigenvalue weighted by atomic mass is 9.82. The first-order chi connectivity index (χ1) is 13.8. The summed E-state index contributed by atoms with van der Waals surface area (Å²) in [5.41, 5.74) is 3.62. The van der Waals surface area contributed by atoms with Crippen molar-refractivity contribution in [3.05, 3.63) is 114 Å². The number of allylic oxidation sites excluding steroid dienone is 1. The fourth-order valence-electron chi connectivity index (χ4n) is 4.27. The Morgan fingerprint density at radius 2 is 1.36 bits per heavy atom. The van der Waals surface area contributed by atoms with Crippen molar-refractivity contribution < 1.29 is 9.53 Å². The lowest BCUT2D eigenvalue weighted by molar-refractivity contribution is -0.134. The highest BCUT2D eigenvalue weighted by molar-refractivity contribution is 7.67. The molecule has 0 aliphatic carbocycles. The summed E-state index contributed by atoms with van der Waals surface area (Å²) in [6.45, 7) is 0. The highest BCUT2D eigenvalue weighted by atomic mass is 31.1. The van der Waals surface area contributed by atoms with Gasteiger partial charge < -0.3 is 4.74 Å². The Balaban J connectivity index is 2.03. The number of rotatable bonds is 4. The standard InChI is InChI=1S/C25H23O2P/c1-27-24(26)19-22-17-18-28(23-15-9-4-10-16-23)25(22,20-11-5-2-6-12-20)21-13-7-3-8-14-21/h2-16,19H,17-18H2,1H3. The van der Waals surface area contributed by atoms with Crippen LogP contribution in [0.15, 0.2) is 103 Å². The quantitative estimate of drug-likeness (QED) is 0.348. The van der Waals surface area contributed by atoms with Gasteiger partial charge in [-0.2, -0.15) is 0 Å². The molecule has 1 fully saturated rings. The molecule has 1 saturated heterocycles. The molecule has 0 spiro atoms. The minimum absolute atomic E-state index is 0.281. The first-order valence-corrected chi connectivity index (χ1v) is 11.0. The number of esters is 1. The summed E-state index contributed by atoms with van der Waals surface area (Å²) in [6, 6.07) is 32.0. The predicted molar refractivity (Wildman–Crippen MR) is 116 cm³/mol. The van der Waals surface area contributed by atoms with E-state index in [-0.39, 0.29) is 11.1 Å². The van der Waals surface area contributed by atoms with Crippen molar-refractivity contribution in [1.29, 1.82) is 0 Å². The highest BCUT2D eigenvalue weighted by Crippen LogP contribution is 2.68. The number of methoxy groups -OCH3 is 1. The van der Waals surface area contributed by atoms with Crippen LogP contribution in [0.2, 0.25) is 0 Å². The van der Waals surface area contributed by atoms with Gasteiger partial charge in [0.2, 0.25) is 0 Å². The maximum atomic E-state index is 12.3. The molecule has 0 amide bonds. The minimum atomic E-state index is -0.591. The SMILES string of the molecule is COC(=O)C=C1CCP(c2ccccc2)C1(c1ccccc1)c1ccccc1. The van der Waals surface area contributed by atoms with Gasteiger partial charge in [0.25, 0.3) is 0 Å². The average molecular weight is 386 g/mol. The fraction of sp³-hybridized carbons (Fsp3) is 0.160. The molecule has 140 valence electrons. The van der Waals surface area contributed by atoms with Crippen LogP contribution in [0.3, 0.4) is 0 Å². The molecule has 0 saturated carbocycles. The second-order valence-corrected chi connectivity index (χ2v) is 9.36. The average Bonchev–Trinajstić information content (AvgIpc) is 3.15. The summed E-state index contributed by atoms with van der Waals surface area (Å²) in [7, 11) is 0.854. The van der Waals surface area contributed by atoms with Gasteiger partial charge in [0.05, 0.1) is 12.3 Å². The van der Waals surface area contributed by atoms with Crippen molar-refractivity contribution in [1.82, 2.24) is 0 Å². The van der Waals surface area contributed by atoms with Gasteiger partial charge in [-0.25, -0.2) is 4.79 Å². The lowest BCUT2D eigenvalue weighted by Crippen LogP contribution is -2.28. The van der Waals surface area contributed by atoms with Crippen molar-refractivity contribution in [2.24, 2.45) is 0 Å². The zero-order chi connectivity index (χ0) is 19.4. The van der Waals surface area contributed by atoms with Crippen LogP contribution < -0.4 is 5.30 Å². The van der Waals surface area contributed by atoms with Gasteiger partial charge in [0.1, 0.15) is 0 Å². The third-order valence-corrected chi connectivity index (χ3v) is 8.62. The Labute approximate surface area is 167 Å². The van der Waals surface area contributed by atoms with E-state index in [4.69, 9.17) is 4.74 Å². The van der Waals surface area contributed by atoms with Crippen LogP contribution in [0.4, 0.5) is 0 Å². The van der Waals surface area contributed by atoms with Crippen LogP contribution in [0.5, 0.6) is 0 Å². The molecule has 1 heterocycles. The van der Waals surface area contributed by atoms with E-state index in [0.29, 0.717) is 0 Å². The molecular formula is C25H23O2P. The third-order valence-electron chi connectivity index (χ3n) is 5.42. The predicted octanol–water partition coefficient (Wildman–Crippen LogP) is 5.24. The van der Waals surface area contributed by atoms with Crippen molar-refractivity contribution >= 4 is 19.2 Å². The van der Waals surface area contributed by atoms with E-state index in [2.05, 4.69) is 78.9 Å². The van der Waals surface area contributed by atoms with Crippen LogP contribution in [0.25, 0.3) is 0 Å². The fourth-order valence-corrected chi connectivity index (χ4v) is 7.69. The Morgan fingerprint density at radius 3 is 1.86 bits per heavy atom. The van der Waals surface area contributed by atoms with E-state index in [0.717, 1.165) is 18.2 Å². The van der Waals surface area contributed by atoms with Gasteiger partial charge in [-0.05, 0) is 34.6 Å². The van der Waals surface area contributed by atoms with Gasteiger partial charge in [0.15, 0.2) is 0 Å².